The summed E-state index contributed by atoms with van der Waals surface area (Å²) < 4.78 is 14.4. The summed E-state index contributed by atoms with van der Waals surface area (Å²) in [7, 11) is 0. The smallest absolute Gasteiger partial charge is 0.219 e. The van der Waals surface area contributed by atoms with Crippen molar-refractivity contribution in [1.29, 1.82) is 0 Å². The van der Waals surface area contributed by atoms with Crippen LogP contribution in [0, 0.1) is 5.82 Å². The maximum Gasteiger partial charge on any atom is 0.219 e. The Balaban J connectivity index is 1.51. The number of piperazine rings is 1. The third kappa shape index (κ3) is 5.86. The second kappa shape index (κ2) is 10.3. The van der Waals surface area contributed by atoms with Crippen molar-refractivity contribution in [3.8, 4) is 0 Å². The molecule has 6 nitrogen and oxygen atoms in total. The van der Waals surface area contributed by atoms with Gasteiger partial charge in [0.05, 0.1) is 18.4 Å². The van der Waals surface area contributed by atoms with E-state index in [9.17, 15) is 14.0 Å². The average molecular weight is 413 g/mol. The van der Waals surface area contributed by atoms with Crippen LogP contribution in [0.1, 0.15) is 30.2 Å². The number of pyridine rings is 1. The molecule has 0 bridgehead atoms. The van der Waals surface area contributed by atoms with E-state index in [1.165, 1.54) is 6.07 Å². The Kier molecular flexibility index (Phi) is 7.52. The van der Waals surface area contributed by atoms with Crippen LogP contribution in [0.4, 0.5) is 10.1 Å². The average Bonchev–Trinajstić information content (AvgIpc) is 2.77. The first kappa shape index (κ1) is 21.9. The zero-order valence-corrected chi connectivity index (χ0v) is 17.4. The molecule has 1 aliphatic rings. The summed E-state index contributed by atoms with van der Waals surface area (Å²) in [4.78, 5) is 31.4. The summed E-state index contributed by atoms with van der Waals surface area (Å²) in [5, 5.41) is 0. The van der Waals surface area contributed by atoms with Crippen molar-refractivity contribution in [2.24, 2.45) is 5.73 Å². The van der Waals surface area contributed by atoms with Gasteiger partial charge in [-0.1, -0.05) is 12.1 Å². The van der Waals surface area contributed by atoms with Gasteiger partial charge in [0.2, 0.25) is 5.91 Å². The van der Waals surface area contributed by atoms with E-state index in [0.717, 1.165) is 43.1 Å². The van der Waals surface area contributed by atoms with Crippen molar-refractivity contribution in [1.82, 2.24) is 9.88 Å². The number of Topliss-reactive ketones (excluding diaryl/α,β-unsaturated/α-hetero) is 1. The zero-order chi connectivity index (χ0) is 21.5. The van der Waals surface area contributed by atoms with Crippen LogP contribution in [0.25, 0.3) is 0 Å². The molecule has 2 heterocycles. The first-order valence-corrected chi connectivity index (χ1v) is 10.4. The highest BCUT2D eigenvalue weighted by atomic mass is 19.1. The quantitative estimate of drug-likeness (QED) is 0.719. The molecule has 0 radical (unpaired) electrons. The molecule has 1 amide bonds. The molecule has 0 saturated carbocycles. The molecule has 30 heavy (non-hydrogen) atoms. The van der Waals surface area contributed by atoms with Gasteiger partial charge in [0, 0.05) is 45.2 Å². The van der Waals surface area contributed by atoms with E-state index in [4.69, 9.17) is 5.73 Å². The van der Waals surface area contributed by atoms with Gasteiger partial charge in [-0.2, -0.15) is 0 Å². The number of ketones is 1. The Morgan fingerprint density at radius 2 is 1.83 bits per heavy atom. The molecule has 3 rings (SSSR count). The second-order valence-corrected chi connectivity index (χ2v) is 7.67. The number of aryl methyl sites for hydroxylation is 3. The van der Waals surface area contributed by atoms with Crippen LogP contribution in [0.15, 0.2) is 36.5 Å². The van der Waals surface area contributed by atoms with Gasteiger partial charge >= 0.3 is 0 Å². The molecular formula is C23H29FN4O2. The third-order valence-electron chi connectivity index (χ3n) is 5.59. The van der Waals surface area contributed by atoms with Gasteiger partial charge in [-0.25, -0.2) is 4.39 Å². The van der Waals surface area contributed by atoms with E-state index in [0.29, 0.717) is 31.2 Å². The molecular weight excluding hydrogens is 383 g/mol. The molecule has 1 fully saturated rings. The lowest BCUT2D eigenvalue weighted by Gasteiger charge is -2.35. The number of nitrogens with zero attached hydrogens (tertiary/aromatic N) is 3. The predicted octanol–water partition coefficient (Wildman–Crippen LogP) is 2.13. The van der Waals surface area contributed by atoms with E-state index in [2.05, 4.69) is 9.88 Å². The lowest BCUT2D eigenvalue weighted by Crippen LogP contribution is -2.48. The van der Waals surface area contributed by atoms with Gasteiger partial charge in [0.1, 0.15) is 11.6 Å². The standard InChI is InChI=1S/C23H29FN4O2/c1-17(29)27-10-12-28(13-11-27)21-8-7-20(26-16-21)6-5-19-4-2-18(14-23(19)24)3-9-22(30)15-25/h2,4,7-8,14,16H,3,5-6,9-13,15,25H2,1H3. The highest BCUT2D eigenvalue weighted by Gasteiger charge is 2.18. The molecule has 0 spiro atoms. The van der Waals surface area contributed by atoms with E-state index in [-0.39, 0.29) is 24.1 Å². The number of halogens is 1. The van der Waals surface area contributed by atoms with Gasteiger partial charge in [0.15, 0.2) is 0 Å². The first-order chi connectivity index (χ1) is 14.5. The second-order valence-electron chi connectivity index (χ2n) is 7.67. The Morgan fingerprint density at radius 1 is 1.07 bits per heavy atom. The van der Waals surface area contributed by atoms with Crippen molar-refractivity contribution in [3.63, 3.8) is 0 Å². The van der Waals surface area contributed by atoms with E-state index >= 15 is 0 Å². The Morgan fingerprint density at radius 3 is 2.43 bits per heavy atom. The maximum atomic E-state index is 14.4. The van der Waals surface area contributed by atoms with E-state index < -0.39 is 0 Å². The number of amides is 1. The number of benzene rings is 1. The highest BCUT2D eigenvalue weighted by Crippen LogP contribution is 2.18. The molecule has 1 aromatic carbocycles. The highest BCUT2D eigenvalue weighted by molar-refractivity contribution is 5.80. The maximum absolute atomic E-state index is 14.4. The molecule has 0 unspecified atom stereocenters. The summed E-state index contributed by atoms with van der Waals surface area (Å²) in [6, 6.07) is 9.20. The Hall–Kier alpha value is -2.80. The van der Waals surface area contributed by atoms with Gasteiger partial charge in [-0.3, -0.25) is 14.6 Å². The molecule has 0 atom stereocenters. The first-order valence-electron chi connectivity index (χ1n) is 10.4. The van der Waals surface area contributed by atoms with Crippen molar-refractivity contribution in [2.45, 2.75) is 32.6 Å². The SMILES string of the molecule is CC(=O)N1CCN(c2ccc(CCc3ccc(CCC(=O)CN)cc3F)nc2)CC1. The molecule has 2 aromatic rings. The van der Waals surface area contributed by atoms with Crippen LogP contribution in [0.5, 0.6) is 0 Å². The summed E-state index contributed by atoms with van der Waals surface area (Å²) in [5.41, 5.74) is 8.73. The van der Waals surface area contributed by atoms with Crippen molar-refractivity contribution in [2.75, 3.05) is 37.6 Å². The largest absolute Gasteiger partial charge is 0.367 e. The molecule has 7 heteroatoms. The molecule has 1 aromatic heterocycles. The minimum Gasteiger partial charge on any atom is -0.367 e. The molecule has 0 aliphatic carbocycles. The topological polar surface area (TPSA) is 79.5 Å². The molecule has 1 aliphatic heterocycles. The number of anilines is 1. The van der Waals surface area contributed by atoms with Crippen molar-refractivity contribution < 1.29 is 14.0 Å². The predicted molar refractivity (Wildman–Crippen MR) is 115 cm³/mol. The number of carbonyl (C=O) groups excluding carboxylic acids is 2. The van der Waals surface area contributed by atoms with Crippen LogP contribution in [-0.2, 0) is 28.9 Å². The fourth-order valence-electron chi connectivity index (χ4n) is 3.63. The summed E-state index contributed by atoms with van der Waals surface area (Å²) in [6.45, 7) is 4.69. The zero-order valence-electron chi connectivity index (χ0n) is 17.4. The fourth-order valence-corrected chi connectivity index (χ4v) is 3.63. The molecule has 2 N–H and O–H groups in total. The number of rotatable bonds is 8. The minimum absolute atomic E-state index is 0.0188. The van der Waals surface area contributed by atoms with Crippen LogP contribution in [0.3, 0.4) is 0 Å². The number of nitrogens with two attached hydrogens (primary N) is 1. The van der Waals surface area contributed by atoms with Gasteiger partial charge in [0.25, 0.3) is 0 Å². The Bertz CT molecular complexity index is 877. The third-order valence-corrected chi connectivity index (χ3v) is 5.59. The van der Waals surface area contributed by atoms with Gasteiger partial charge in [-0.05, 0) is 48.6 Å². The summed E-state index contributed by atoms with van der Waals surface area (Å²) in [5.74, 6) is -0.144. The summed E-state index contributed by atoms with van der Waals surface area (Å²) >= 11 is 0. The summed E-state index contributed by atoms with van der Waals surface area (Å²) in [6.07, 6.45) is 3.93. The number of hydrogen-bond acceptors (Lipinski definition) is 5. The monoisotopic (exact) mass is 412 g/mol. The number of hydrogen-bond donors (Lipinski definition) is 1. The number of carbonyl (C=O) groups is 2. The number of aromatic nitrogens is 1. The minimum atomic E-state index is -0.243. The van der Waals surface area contributed by atoms with Crippen LogP contribution in [-0.4, -0.2) is 54.3 Å². The molecule has 160 valence electrons. The Labute approximate surface area is 176 Å². The normalized spacial score (nSPS) is 14.1. The molecule has 1 saturated heterocycles. The lowest BCUT2D eigenvalue weighted by molar-refractivity contribution is -0.129. The van der Waals surface area contributed by atoms with Crippen molar-refractivity contribution in [3.05, 3.63) is 59.2 Å². The van der Waals surface area contributed by atoms with E-state index in [1.54, 1.807) is 13.0 Å². The van der Waals surface area contributed by atoms with Gasteiger partial charge in [-0.15, -0.1) is 0 Å². The van der Waals surface area contributed by atoms with Crippen LogP contribution < -0.4 is 10.6 Å². The fraction of sp³-hybridized carbons (Fsp3) is 0.435. The van der Waals surface area contributed by atoms with Crippen LogP contribution in [0.2, 0.25) is 0 Å². The van der Waals surface area contributed by atoms with Crippen LogP contribution >= 0.6 is 0 Å². The van der Waals surface area contributed by atoms with Gasteiger partial charge < -0.3 is 15.5 Å². The van der Waals surface area contributed by atoms with Crippen molar-refractivity contribution >= 4 is 17.4 Å². The van der Waals surface area contributed by atoms with E-state index in [1.807, 2.05) is 29.3 Å². The lowest BCUT2D eigenvalue weighted by atomic mass is 10.0.